The fourth-order valence-electron chi connectivity index (χ4n) is 3.45. The van der Waals surface area contributed by atoms with Crippen LogP contribution in [0.3, 0.4) is 0 Å². The van der Waals surface area contributed by atoms with E-state index in [1.54, 1.807) is 0 Å². The lowest BCUT2D eigenvalue weighted by atomic mass is 9.80. The lowest BCUT2D eigenvalue weighted by Gasteiger charge is -2.36. The number of rotatable bonds is 5. The second-order valence-electron chi connectivity index (χ2n) is 7.04. The highest BCUT2D eigenvalue weighted by Crippen LogP contribution is 2.31. The summed E-state index contributed by atoms with van der Waals surface area (Å²) in [5, 5.41) is 17.1. The van der Waals surface area contributed by atoms with Gasteiger partial charge in [-0.2, -0.15) is 0 Å². The minimum Gasteiger partial charge on any atom is -0.388 e. The number of anilines is 1. The maximum absolute atomic E-state index is 10.3. The smallest absolute Gasteiger partial charge is 0.191 e. The van der Waals surface area contributed by atoms with Gasteiger partial charge in [-0.25, -0.2) is 0 Å². The number of nitrogens with zero attached hydrogens (tertiary/aromatic N) is 2. The monoisotopic (exact) mass is 458 g/mol. The molecule has 1 aromatic carbocycles. The second kappa shape index (κ2) is 9.62. The predicted molar refractivity (Wildman–Crippen MR) is 115 cm³/mol. The Morgan fingerprint density at radius 2 is 2.04 bits per heavy atom. The van der Waals surface area contributed by atoms with Gasteiger partial charge >= 0.3 is 0 Å². The van der Waals surface area contributed by atoms with Crippen molar-refractivity contribution in [2.45, 2.75) is 50.7 Å². The number of nitrogens with one attached hydrogen (secondary N) is 2. The summed E-state index contributed by atoms with van der Waals surface area (Å²) in [6, 6.07) is 11.0. The van der Waals surface area contributed by atoms with E-state index in [0.717, 1.165) is 51.3 Å². The first-order chi connectivity index (χ1) is 11.7. The average Bonchev–Trinajstić information content (AvgIpc) is 2.59. The van der Waals surface area contributed by atoms with Crippen molar-refractivity contribution in [3.05, 3.63) is 30.3 Å². The van der Waals surface area contributed by atoms with Crippen molar-refractivity contribution in [3.63, 3.8) is 0 Å². The zero-order chi connectivity index (χ0) is 16.8. The summed E-state index contributed by atoms with van der Waals surface area (Å²) in [5.74, 6) is 0.831. The first kappa shape index (κ1) is 20.3. The first-order valence-electron chi connectivity index (χ1n) is 9.26. The van der Waals surface area contributed by atoms with E-state index in [1.165, 1.54) is 12.1 Å². The summed E-state index contributed by atoms with van der Waals surface area (Å²) >= 11 is 0. The maximum atomic E-state index is 10.3. The Morgan fingerprint density at radius 3 is 2.68 bits per heavy atom. The Morgan fingerprint density at radius 1 is 1.28 bits per heavy atom. The van der Waals surface area contributed by atoms with E-state index < -0.39 is 5.60 Å². The molecule has 5 nitrogen and oxygen atoms in total. The van der Waals surface area contributed by atoms with E-state index >= 15 is 0 Å². The van der Waals surface area contributed by atoms with Gasteiger partial charge in [-0.3, -0.25) is 4.99 Å². The van der Waals surface area contributed by atoms with E-state index in [9.17, 15) is 5.11 Å². The molecular weight excluding hydrogens is 427 g/mol. The van der Waals surface area contributed by atoms with Crippen molar-refractivity contribution in [1.82, 2.24) is 10.6 Å². The number of hydrogen-bond acceptors (Lipinski definition) is 3. The number of halogens is 1. The molecule has 1 aliphatic heterocycles. The molecule has 1 aromatic rings. The molecule has 2 aliphatic rings. The molecule has 3 N–H and O–H groups in total. The van der Waals surface area contributed by atoms with Crippen LogP contribution in [-0.4, -0.2) is 48.9 Å². The van der Waals surface area contributed by atoms with Crippen molar-refractivity contribution in [2.24, 2.45) is 4.99 Å². The molecule has 25 heavy (non-hydrogen) atoms. The van der Waals surface area contributed by atoms with Crippen molar-refractivity contribution in [2.75, 3.05) is 31.1 Å². The number of guanidine groups is 1. The lowest BCUT2D eigenvalue weighted by Crippen LogP contribution is -2.52. The van der Waals surface area contributed by atoms with Crippen LogP contribution in [0.25, 0.3) is 0 Å². The van der Waals surface area contributed by atoms with Crippen LogP contribution in [0.1, 0.15) is 39.0 Å². The molecule has 0 amide bonds. The fraction of sp³-hybridized carbons (Fsp3) is 0.632. The number of aliphatic hydroxyl groups is 1. The summed E-state index contributed by atoms with van der Waals surface area (Å²) in [7, 11) is 0. The number of benzene rings is 1. The Balaban J connectivity index is 0.00000225. The normalized spacial score (nSPS) is 22.6. The number of para-hydroxylation sites is 1. The summed E-state index contributed by atoms with van der Waals surface area (Å²) in [6.07, 6.45) is 5.20. The molecule has 0 spiro atoms. The van der Waals surface area contributed by atoms with Crippen LogP contribution in [0.4, 0.5) is 5.69 Å². The molecule has 6 heteroatoms. The maximum Gasteiger partial charge on any atom is 0.191 e. The zero-order valence-corrected chi connectivity index (χ0v) is 17.4. The Hall–Kier alpha value is -1.02. The molecule has 0 radical (unpaired) electrons. The van der Waals surface area contributed by atoms with Crippen LogP contribution in [-0.2, 0) is 0 Å². The molecule has 1 heterocycles. The quantitative estimate of drug-likeness (QED) is 0.361. The summed E-state index contributed by atoms with van der Waals surface area (Å²) in [4.78, 5) is 7.06. The minimum absolute atomic E-state index is 0. The minimum atomic E-state index is -0.564. The first-order valence-corrected chi connectivity index (χ1v) is 9.26. The van der Waals surface area contributed by atoms with Crippen molar-refractivity contribution in [1.29, 1.82) is 0 Å². The largest absolute Gasteiger partial charge is 0.388 e. The Bertz CT molecular complexity index is 548. The number of aliphatic imine (C=N–C) groups is 1. The Labute approximate surface area is 168 Å². The zero-order valence-electron chi connectivity index (χ0n) is 15.1. The number of piperidine rings is 1. The molecule has 140 valence electrons. The van der Waals surface area contributed by atoms with Gasteiger partial charge in [-0.15, -0.1) is 24.0 Å². The van der Waals surface area contributed by atoms with Crippen LogP contribution >= 0.6 is 24.0 Å². The van der Waals surface area contributed by atoms with Gasteiger partial charge in [0.1, 0.15) is 0 Å². The molecule has 2 fully saturated rings. The van der Waals surface area contributed by atoms with Crippen LogP contribution in [0.2, 0.25) is 0 Å². The fourth-order valence-corrected chi connectivity index (χ4v) is 3.45. The molecule has 0 bridgehead atoms. The van der Waals surface area contributed by atoms with E-state index in [4.69, 9.17) is 0 Å². The highest BCUT2D eigenvalue weighted by Gasteiger charge is 2.34. The molecule has 1 saturated heterocycles. The van der Waals surface area contributed by atoms with Gasteiger partial charge in [0.25, 0.3) is 0 Å². The summed E-state index contributed by atoms with van der Waals surface area (Å²) < 4.78 is 0. The van der Waals surface area contributed by atoms with Crippen LogP contribution < -0.4 is 15.5 Å². The second-order valence-corrected chi connectivity index (χ2v) is 7.04. The molecule has 1 aliphatic carbocycles. The van der Waals surface area contributed by atoms with Gasteiger partial charge in [0.2, 0.25) is 0 Å². The number of hydrogen-bond donors (Lipinski definition) is 3. The summed E-state index contributed by atoms with van der Waals surface area (Å²) in [5.41, 5.74) is 0.722. The van der Waals surface area contributed by atoms with Gasteiger partial charge in [0.15, 0.2) is 5.96 Å². The Kier molecular flexibility index (Phi) is 7.81. The standard InChI is InChI=1S/C19H30N4O.HI/c1-2-20-18(21-15-19(24)11-7-12-19)22-16-8-6-13-23(14-16)17-9-4-3-5-10-17;/h3-5,9-10,16,24H,2,6-8,11-15H2,1H3,(H2,20,21,22);1H. The van der Waals surface area contributed by atoms with Gasteiger partial charge in [0, 0.05) is 31.4 Å². The third kappa shape index (κ3) is 5.74. The van der Waals surface area contributed by atoms with E-state index in [0.29, 0.717) is 12.6 Å². The van der Waals surface area contributed by atoms with Crippen LogP contribution in [0.15, 0.2) is 35.3 Å². The third-order valence-corrected chi connectivity index (χ3v) is 5.04. The van der Waals surface area contributed by atoms with Gasteiger partial charge in [-0.1, -0.05) is 18.2 Å². The van der Waals surface area contributed by atoms with E-state index in [2.05, 4.69) is 57.8 Å². The molecule has 1 atom stereocenters. The molecular formula is C19H31IN4O. The topological polar surface area (TPSA) is 59.9 Å². The predicted octanol–water partition coefficient (Wildman–Crippen LogP) is 2.74. The lowest BCUT2D eigenvalue weighted by molar-refractivity contribution is -0.0236. The molecule has 3 rings (SSSR count). The highest BCUT2D eigenvalue weighted by molar-refractivity contribution is 14.0. The molecule has 0 aromatic heterocycles. The van der Waals surface area contributed by atoms with Crippen molar-refractivity contribution in [3.8, 4) is 0 Å². The summed E-state index contributed by atoms with van der Waals surface area (Å²) in [6.45, 7) is 5.50. The van der Waals surface area contributed by atoms with Crippen LogP contribution in [0.5, 0.6) is 0 Å². The SMILES string of the molecule is CCNC(=NCC1(O)CCC1)NC1CCCN(c2ccccc2)C1.I. The molecule has 1 unspecified atom stereocenters. The van der Waals surface area contributed by atoms with Gasteiger partial charge < -0.3 is 20.6 Å². The molecule has 1 saturated carbocycles. The van der Waals surface area contributed by atoms with E-state index in [-0.39, 0.29) is 24.0 Å². The van der Waals surface area contributed by atoms with Crippen molar-refractivity contribution >= 4 is 35.6 Å². The highest BCUT2D eigenvalue weighted by atomic mass is 127. The van der Waals surface area contributed by atoms with Gasteiger partial charge in [0.05, 0.1) is 12.1 Å². The average molecular weight is 458 g/mol. The van der Waals surface area contributed by atoms with Gasteiger partial charge in [-0.05, 0) is 51.2 Å². The van der Waals surface area contributed by atoms with E-state index in [1.807, 2.05) is 0 Å². The van der Waals surface area contributed by atoms with Crippen molar-refractivity contribution < 1.29 is 5.11 Å². The third-order valence-electron chi connectivity index (χ3n) is 5.04. The van der Waals surface area contributed by atoms with Crippen LogP contribution in [0, 0.1) is 0 Å².